The number of nitrogens with zero attached hydrogens (tertiary/aromatic N) is 1. The van der Waals surface area contributed by atoms with Gasteiger partial charge in [0, 0.05) is 25.9 Å². The van der Waals surface area contributed by atoms with Crippen molar-refractivity contribution in [3.05, 3.63) is 35.9 Å². The molecule has 0 aromatic heterocycles. The lowest BCUT2D eigenvalue weighted by Crippen LogP contribution is -2.38. The molecule has 0 aliphatic carbocycles. The van der Waals surface area contributed by atoms with E-state index in [0.29, 0.717) is 11.3 Å². The summed E-state index contributed by atoms with van der Waals surface area (Å²) in [5, 5.41) is 13.5. The van der Waals surface area contributed by atoms with Gasteiger partial charge in [-0.2, -0.15) is 0 Å². The predicted molar refractivity (Wildman–Crippen MR) is 78.8 cm³/mol. The van der Waals surface area contributed by atoms with Crippen molar-refractivity contribution in [2.75, 3.05) is 26.0 Å². The molecule has 0 unspecified atom stereocenters. The molecule has 0 fully saturated rings. The molecule has 0 aliphatic rings. The Labute approximate surface area is 122 Å². The molecule has 0 spiro atoms. The van der Waals surface area contributed by atoms with Gasteiger partial charge in [-0.05, 0) is 23.8 Å². The van der Waals surface area contributed by atoms with E-state index >= 15 is 0 Å². The molecule has 0 radical (unpaired) electrons. The van der Waals surface area contributed by atoms with Crippen LogP contribution in [0.5, 0.6) is 0 Å². The van der Waals surface area contributed by atoms with Gasteiger partial charge in [-0.25, -0.2) is 9.59 Å². The number of hydrogen-bond acceptors (Lipinski definition) is 3. The molecule has 7 nitrogen and oxygen atoms in total. The van der Waals surface area contributed by atoms with Crippen molar-refractivity contribution in [1.82, 2.24) is 10.2 Å². The number of carbonyl (C=O) groups is 3. The first-order valence-corrected chi connectivity index (χ1v) is 6.14. The van der Waals surface area contributed by atoms with Crippen LogP contribution in [0.15, 0.2) is 30.3 Å². The molecule has 21 heavy (non-hydrogen) atoms. The Morgan fingerprint density at radius 2 is 1.81 bits per heavy atom. The van der Waals surface area contributed by atoms with Crippen LogP contribution >= 0.6 is 0 Å². The number of carboxylic acid groups (broad SMARTS) is 1. The van der Waals surface area contributed by atoms with E-state index in [0.717, 1.165) is 6.08 Å². The lowest BCUT2D eigenvalue weighted by Gasteiger charge is -2.11. The third-order valence-corrected chi connectivity index (χ3v) is 2.49. The highest BCUT2D eigenvalue weighted by molar-refractivity contribution is 5.92. The third-order valence-electron chi connectivity index (χ3n) is 2.49. The maximum atomic E-state index is 11.6. The molecule has 7 heteroatoms. The van der Waals surface area contributed by atoms with Gasteiger partial charge in [0.05, 0.1) is 6.54 Å². The van der Waals surface area contributed by atoms with Gasteiger partial charge in [-0.15, -0.1) is 0 Å². The molecule has 0 saturated carbocycles. The van der Waals surface area contributed by atoms with Crippen LogP contribution in [-0.2, 0) is 9.59 Å². The molecule has 0 atom stereocenters. The number of benzene rings is 1. The minimum absolute atomic E-state index is 0.0851. The second kappa shape index (κ2) is 7.68. The number of urea groups is 1. The number of anilines is 1. The first kappa shape index (κ1) is 16.2. The number of carboxylic acids is 1. The lowest BCUT2D eigenvalue weighted by atomic mass is 10.2. The van der Waals surface area contributed by atoms with Crippen molar-refractivity contribution in [3.63, 3.8) is 0 Å². The van der Waals surface area contributed by atoms with Gasteiger partial charge in [-0.3, -0.25) is 4.79 Å². The van der Waals surface area contributed by atoms with Crippen LogP contribution in [0.2, 0.25) is 0 Å². The first-order chi connectivity index (χ1) is 9.88. The number of amides is 3. The summed E-state index contributed by atoms with van der Waals surface area (Å²) >= 11 is 0. The van der Waals surface area contributed by atoms with E-state index in [4.69, 9.17) is 5.11 Å². The summed E-state index contributed by atoms with van der Waals surface area (Å²) in [5.74, 6) is -1.23. The first-order valence-electron chi connectivity index (χ1n) is 6.14. The van der Waals surface area contributed by atoms with Crippen LogP contribution in [0, 0.1) is 0 Å². The predicted octanol–water partition coefficient (Wildman–Crippen LogP) is 0.994. The maximum Gasteiger partial charge on any atom is 0.328 e. The number of likely N-dealkylation sites (N-methyl/N-ethyl adjacent to an activating group) is 1. The summed E-state index contributed by atoms with van der Waals surface area (Å²) in [6.07, 6.45) is 2.48. The smallest absolute Gasteiger partial charge is 0.328 e. The highest BCUT2D eigenvalue weighted by Crippen LogP contribution is 2.10. The van der Waals surface area contributed by atoms with Crippen molar-refractivity contribution in [2.45, 2.75) is 0 Å². The average molecular weight is 291 g/mol. The topological polar surface area (TPSA) is 98.7 Å². The summed E-state index contributed by atoms with van der Waals surface area (Å²) in [4.78, 5) is 34.6. The highest BCUT2D eigenvalue weighted by atomic mass is 16.4. The number of rotatable bonds is 5. The second-order valence-electron chi connectivity index (χ2n) is 4.39. The molecule has 0 bridgehead atoms. The molecule has 0 aliphatic heterocycles. The Bertz CT molecular complexity index is 550. The van der Waals surface area contributed by atoms with Crippen LogP contribution in [-0.4, -0.2) is 48.6 Å². The zero-order chi connectivity index (χ0) is 15.8. The number of hydrogen-bond donors (Lipinski definition) is 3. The van der Waals surface area contributed by atoms with Crippen molar-refractivity contribution in [3.8, 4) is 0 Å². The summed E-state index contributed by atoms with van der Waals surface area (Å²) in [6.45, 7) is -0.0851. The maximum absolute atomic E-state index is 11.6. The van der Waals surface area contributed by atoms with Crippen LogP contribution in [0.4, 0.5) is 10.5 Å². The van der Waals surface area contributed by atoms with Crippen LogP contribution in [0.3, 0.4) is 0 Å². The van der Waals surface area contributed by atoms with Crippen molar-refractivity contribution >= 4 is 29.7 Å². The molecule has 3 amide bonds. The summed E-state index contributed by atoms with van der Waals surface area (Å²) in [6, 6.07) is 6.11. The summed E-state index contributed by atoms with van der Waals surface area (Å²) in [5.41, 5.74) is 1.24. The Balaban J connectivity index is 2.50. The monoisotopic (exact) mass is 291 g/mol. The highest BCUT2D eigenvalue weighted by Gasteiger charge is 2.06. The van der Waals surface area contributed by atoms with Crippen molar-refractivity contribution in [2.24, 2.45) is 0 Å². The molecule has 0 heterocycles. The standard InChI is InChI=1S/C14H17N3O4/c1-17(2)12(18)9-15-14(21)16-11-6-3-10(4-7-11)5-8-13(19)20/h3-8H,9H2,1-2H3,(H,19,20)(H2,15,16,21). The van der Waals surface area contributed by atoms with Crippen LogP contribution in [0.1, 0.15) is 5.56 Å². The normalized spacial score (nSPS) is 10.2. The van der Waals surface area contributed by atoms with Gasteiger partial charge in [0.25, 0.3) is 0 Å². The molecule has 0 saturated heterocycles. The fourth-order valence-corrected chi connectivity index (χ4v) is 1.33. The SMILES string of the molecule is CN(C)C(=O)CNC(=O)Nc1ccc(C=CC(=O)O)cc1. The Morgan fingerprint density at radius 1 is 1.19 bits per heavy atom. The molecule has 1 aromatic rings. The largest absolute Gasteiger partial charge is 0.478 e. The summed E-state index contributed by atoms with van der Waals surface area (Å²) < 4.78 is 0. The Hall–Kier alpha value is -2.83. The van der Waals surface area contributed by atoms with E-state index in [9.17, 15) is 14.4 Å². The number of carbonyl (C=O) groups excluding carboxylic acids is 2. The van der Waals surface area contributed by atoms with E-state index in [-0.39, 0.29) is 12.5 Å². The van der Waals surface area contributed by atoms with E-state index in [1.165, 1.54) is 11.0 Å². The molecular formula is C14H17N3O4. The molecule has 1 rings (SSSR count). The van der Waals surface area contributed by atoms with Crippen molar-refractivity contribution < 1.29 is 19.5 Å². The minimum atomic E-state index is -1.03. The van der Waals surface area contributed by atoms with Gasteiger partial charge in [-0.1, -0.05) is 12.1 Å². The fraction of sp³-hybridized carbons (Fsp3) is 0.214. The molecule has 3 N–H and O–H groups in total. The van der Waals surface area contributed by atoms with Gasteiger partial charge in [0.1, 0.15) is 0 Å². The second-order valence-corrected chi connectivity index (χ2v) is 4.39. The van der Waals surface area contributed by atoms with Gasteiger partial charge in [0.2, 0.25) is 5.91 Å². The summed E-state index contributed by atoms with van der Waals surface area (Å²) in [7, 11) is 3.20. The Morgan fingerprint density at radius 3 is 2.33 bits per heavy atom. The van der Waals surface area contributed by atoms with Gasteiger partial charge < -0.3 is 20.6 Å². The van der Waals surface area contributed by atoms with E-state index in [1.807, 2.05) is 0 Å². The molecule has 112 valence electrons. The minimum Gasteiger partial charge on any atom is -0.478 e. The third kappa shape index (κ3) is 6.24. The van der Waals surface area contributed by atoms with Gasteiger partial charge >= 0.3 is 12.0 Å². The quantitative estimate of drug-likeness (QED) is 0.705. The zero-order valence-electron chi connectivity index (χ0n) is 11.8. The number of aliphatic carboxylic acids is 1. The van der Waals surface area contributed by atoms with Crippen molar-refractivity contribution in [1.29, 1.82) is 0 Å². The average Bonchev–Trinajstić information content (AvgIpc) is 2.43. The zero-order valence-corrected chi connectivity index (χ0v) is 11.8. The van der Waals surface area contributed by atoms with Crippen LogP contribution < -0.4 is 10.6 Å². The van der Waals surface area contributed by atoms with Gasteiger partial charge in [0.15, 0.2) is 0 Å². The molecule has 1 aromatic carbocycles. The van der Waals surface area contributed by atoms with E-state index < -0.39 is 12.0 Å². The number of nitrogens with one attached hydrogen (secondary N) is 2. The fourth-order valence-electron chi connectivity index (χ4n) is 1.33. The van der Waals surface area contributed by atoms with Crippen LogP contribution in [0.25, 0.3) is 6.08 Å². The van der Waals surface area contributed by atoms with E-state index in [1.54, 1.807) is 38.4 Å². The lowest BCUT2D eigenvalue weighted by molar-refractivity contribution is -0.131. The molecular weight excluding hydrogens is 274 g/mol. The Kier molecular flexibility index (Phi) is 5.94. The van der Waals surface area contributed by atoms with E-state index in [2.05, 4.69) is 10.6 Å².